The average molecular weight is 301 g/mol. The first-order valence-electron chi connectivity index (χ1n) is 6.65. The van der Waals surface area contributed by atoms with E-state index >= 15 is 0 Å². The molecular formula is C13H20FN3O2S. The Kier molecular flexibility index (Phi) is 4.74. The number of nitrogens with one attached hydrogen (secondary N) is 2. The second-order valence-corrected chi connectivity index (χ2v) is 6.82. The van der Waals surface area contributed by atoms with E-state index < -0.39 is 16.3 Å². The molecule has 2 rings (SSSR count). The Morgan fingerprint density at radius 3 is 2.85 bits per heavy atom. The van der Waals surface area contributed by atoms with Crippen molar-refractivity contribution in [2.45, 2.75) is 25.9 Å². The van der Waals surface area contributed by atoms with E-state index in [1.165, 1.54) is 16.4 Å². The quantitative estimate of drug-likeness (QED) is 0.873. The Morgan fingerprint density at radius 1 is 1.45 bits per heavy atom. The second kappa shape index (κ2) is 6.17. The maximum absolute atomic E-state index is 13.4. The molecule has 0 saturated carbocycles. The Balaban J connectivity index is 2.30. The van der Waals surface area contributed by atoms with Gasteiger partial charge in [-0.25, -0.2) is 4.39 Å². The fraction of sp³-hybridized carbons (Fsp3) is 0.538. The van der Waals surface area contributed by atoms with Crippen LogP contribution in [-0.4, -0.2) is 38.4 Å². The van der Waals surface area contributed by atoms with E-state index in [4.69, 9.17) is 0 Å². The lowest BCUT2D eigenvalue weighted by Gasteiger charge is -2.35. The monoisotopic (exact) mass is 301 g/mol. The van der Waals surface area contributed by atoms with Crippen molar-refractivity contribution in [3.05, 3.63) is 35.6 Å². The van der Waals surface area contributed by atoms with E-state index in [-0.39, 0.29) is 11.9 Å². The normalized spacial score (nSPS) is 21.3. The number of rotatable bonds is 4. The zero-order valence-electron chi connectivity index (χ0n) is 11.6. The second-order valence-electron chi connectivity index (χ2n) is 5.16. The van der Waals surface area contributed by atoms with Gasteiger partial charge in [0.05, 0.1) is 6.04 Å². The summed E-state index contributed by atoms with van der Waals surface area (Å²) >= 11 is 0. The van der Waals surface area contributed by atoms with Crippen molar-refractivity contribution in [1.29, 1.82) is 0 Å². The molecule has 0 amide bonds. The predicted octanol–water partition coefficient (Wildman–Crippen LogP) is 1.01. The highest BCUT2D eigenvalue weighted by molar-refractivity contribution is 7.87. The minimum atomic E-state index is -3.57. The standard InChI is InChI=1S/C13H20FN3O2S/c1-10(2)16-20(18,19)17-7-6-15-9-13(17)11-4-3-5-12(14)8-11/h3-5,8,10,13,15-16H,6-7,9H2,1-2H3. The van der Waals surface area contributed by atoms with Crippen LogP contribution in [0, 0.1) is 5.82 Å². The third-order valence-electron chi connectivity index (χ3n) is 3.12. The van der Waals surface area contributed by atoms with Gasteiger partial charge in [-0.2, -0.15) is 17.4 Å². The molecule has 1 atom stereocenters. The molecule has 7 heteroatoms. The van der Waals surface area contributed by atoms with Crippen LogP contribution in [0.2, 0.25) is 0 Å². The molecule has 1 aliphatic heterocycles. The highest BCUT2D eigenvalue weighted by Gasteiger charge is 2.33. The summed E-state index contributed by atoms with van der Waals surface area (Å²) in [6.45, 7) is 4.98. The Hall–Kier alpha value is -1.02. The van der Waals surface area contributed by atoms with Gasteiger partial charge < -0.3 is 5.32 Å². The van der Waals surface area contributed by atoms with Gasteiger partial charge in [-0.1, -0.05) is 12.1 Å². The number of hydrogen-bond donors (Lipinski definition) is 2. The fourth-order valence-electron chi connectivity index (χ4n) is 2.34. The third-order valence-corrected chi connectivity index (χ3v) is 4.94. The van der Waals surface area contributed by atoms with Crippen LogP contribution in [-0.2, 0) is 10.2 Å². The van der Waals surface area contributed by atoms with Crippen LogP contribution in [0.25, 0.3) is 0 Å². The van der Waals surface area contributed by atoms with Crippen LogP contribution in [0.1, 0.15) is 25.5 Å². The van der Waals surface area contributed by atoms with Crippen LogP contribution in [0.3, 0.4) is 0 Å². The Morgan fingerprint density at radius 2 is 2.20 bits per heavy atom. The van der Waals surface area contributed by atoms with Crippen molar-refractivity contribution >= 4 is 10.2 Å². The van der Waals surface area contributed by atoms with Crippen molar-refractivity contribution in [2.75, 3.05) is 19.6 Å². The number of halogens is 1. The van der Waals surface area contributed by atoms with Gasteiger partial charge in [-0.3, -0.25) is 0 Å². The molecule has 1 unspecified atom stereocenters. The molecule has 0 aliphatic carbocycles. The molecule has 1 heterocycles. The highest BCUT2D eigenvalue weighted by Crippen LogP contribution is 2.25. The molecule has 0 spiro atoms. The number of nitrogens with zero attached hydrogens (tertiary/aromatic N) is 1. The van der Waals surface area contributed by atoms with Gasteiger partial charge in [0.15, 0.2) is 0 Å². The van der Waals surface area contributed by atoms with Crippen LogP contribution in [0.5, 0.6) is 0 Å². The first-order chi connectivity index (χ1) is 9.40. The fourth-order valence-corrected chi connectivity index (χ4v) is 3.93. The van der Waals surface area contributed by atoms with Crippen LogP contribution < -0.4 is 10.0 Å². The summed E-state index contributed by atoms with van der Waals surface area (Å²) in [6.07, 6.45) is 0. The van der Waals surface area contributed by atoms with Gasteiger partial charge in [0.25, 0.3) is 10.2 Å². The lowest BCUT2D eigenvalue weighted by molar-refractivity contribution is 0.266. The van der Waals surface area contributed by atoms with Crippen molar-refractivity contribution in [1.82, 2.24) is 14.3 Å². The van der Waals surface area contributed by atoms with Crippen molar-refractivity contribution in [3.63, 3.8) is 0 Å². The van der Waals surface area contributed by atoms with E-state index in [1.54, 1.807) is 26.0 Å². The molecule has 2 N–H and O–H groups in total. The number of piperazine rings is 1. The number of benzene rings is 1. The zero-order chi connectivity index (χ0) is 14.8. The van der Waals surface area contributed by atoms with Gasteiger partial charge in [-0.05, 0) is 31.5 Å². The lowest BCUT2D eigenvalue weighted by Crippen LogP contribution is -2.53. The van der Waals surface area contributed by atoms with Gasteiger partial charge in [0.2, 0.25) is 0 Å². The van der Waals surface area contributed by atoms with Crippen LogP contribution in [0.15, 0.2) is 24.3 Å². The van der Waals surface area contributed by atoms with E-state index in [0.717, 1.165) is 0 Å². The van der Waals surface area contributed by atoms with E-state index in [0.29, 0.717) is 25.2 Å². The summed E-state index contributed by atoms with van der Waals surface area (Å²) < 4.78 is 42.0. The van der Waals surface area contributed by atoms with Gasteiger partial charge in [0, 0.05) is 25.7 Å². The average Bonchev–Trinajstić information content (AvgIpc) is 2.37. The maximum Gasteiger partial charge on any atom is 0.280 e. The minimum absolute atomic E-state index is 0.178. The van der Waals surface area contributed by atoms with Gasteiger partial charge in [-0.15, -0.1) is 0 Å². The highest BCUT2D eigenvalue weighted by atomic mass is 32.2. The maximum atomic E-state index is 13.4. The lowest BCUT2D eigenvalue weighted by atomic mass is 10.1. The summed E-state index contributed by atoms with van der Waals surface area (Å²) in [5.41, 5.74) is 0.659. The van der Waals surface area contributed by atoms with E-state index in [1.807, 2.05) is 0 Å². The predicted molar refractivity (Wildman–Crippen MR) is 75.9 cm³/mol. The van der Waals surface area contributed by atoms with Gasteiger partial charge in [0.1, 0.15) is 5.82 Å². The molecule has 1 saturated heterocycles. The largest absolute Gasteiger partial charge is 0.313 e. The molecule has 1 fully saturated rings. The van der Waals surface area contributed by atoms with Crippen molar-refractivity contribution < 1.29 is 12.8 Å². The molecule has 1 aliphatic rings. The summed E-state index contributed by atoms with van der Waals surface area (Å²) in [5.74, 6) is -0.359. The first-order valence-corrected chi connectivity index (χ1v) is 8.09. The summed E-state index contributed by atoms with van der Waals surface area (Å²) in [6, 6.07) is 5.51. The Labute approximate surface area is 119 Å². The summed E-state index contributed by atoms with van der Waals surface area (Å²) in [7, 11) is -3.57. The topological polar surface area (TPSA) is 61.4 Å². The van der Waals surface area contributed by atoms with Crippen molar-refractivity contribution in [3.8, 4) is 0 Å². The molecule has 1 aromatic rings. The summed E-state index contributed by atoms with van der Waals surface area (Å²) in [5, 5.41) is 3.15. The number of hydrogen-bond acceptors (Lipinski definition) is 3. The van der Waals surface area contributed by atoms with Crippen LogP contribution in [0.4, 0.5) is 4.39 Å². The van der Waals surface area contributed by atoms with Crippen LogP contribution >= 0.6 is 0 Å². The third kappa shape index (κ3) is 3.54. The van der Waals surface area contributed by atoms with Gasteiger partial charge >= 0.3 is 0 Å². The first kappa shape index (κ1) is 15.4. The zero-order valence-corrected chi connectivity index (χ0v) is 12.5. The molecule has 112 valence electrons. The minimum Gasteiger partial charge on any atom is -0.313 e. The molecule has 5 nitrogen and oxygen atoms in total. The van der Waals surface area contributed by atoms with Crippen molar-refractivity contribution in [2.24, 2.45) is 0 Å². The molecule has 20 heavy (non-hydrogen) atoms. The molecule has 0 bridgehead atoms. The molecule has 0 radical (unpaired) electrons. The molecule has 0 aromatic heterocycles. The summed E-state index contributed by atoms with van der Waals surface area (Å²) in [4.78, 5) is 0. The van der Waals surface area contributed by atoms with E-state index in [2.05, 4.69) is 10.0 Å². The SMILES string of the molecule is CC(C)NS(=O)(=O)N1CCNCC1c1cccc(F)c1. The molecule has 1 aromatic carbocycles. The smallest absolute Gasteiger partial charge is 0.280 e. The Bertz CT molecular complexity index is 562. The van der Waals surface area contributed by atoms with E-state index in [9.17, 15) is 12.8 Å². The molecular weight excluding hydrogens is 281 g/mol.